The predicted octanol–water partition coefficient (Wildman–Crippen LogP) is 0.661. The van der Waals surface area contributed by atoms with E-state index in [1.54, 1.807) is 4.31 Å². The quantitative estimate of drug-likeness (QED) is 0.874. The van der Waals surface area contributed by atoms with Crippen LogP contribution in [-0.4, -0.2) is 68.1 Å². The van der Waals surface area contributed by atoms with Crippen LogP contribution in [0.25, 0.3) is 0 Å². The Hall–Kier alpha value is -0.990. The molecule has 2 atom stereocenters. The normalized spacial score (nSPS) is 27.9. The van der Waals surface area contributed by atoms with Gasteiger partial charge in [-0.25, -0.2) is 0 Å². The van der Waals surface area contributed by atoms with Crippen molar-refractivity contribution < 1.29 is 18.3 Å². The standard InChI is InChI=1S/C16H24N2O4S/c19-13-14-10-16(15-4-2-1-3-5-15)12-18(11-14)23(20,21)17-6-8-22-9-7-17/h1-5,14,16,19H,6-13H2. The van der Waals surface area contributed by atoms with Gasteiger partial charge in [-0.3, -0.25) is 0 Å². The Morgan fingerprint density at radius 3 is 2.43 bits per heavy atom. The first-order chi connectivity index (χ1) is 11.1. The zero-order valence-corrected chi connectivity index (χ0v) is 14.0. The van der Waals surface area contributed by atoms with E-state index in [4.69, 9.17) is 4.74 Å². The van der Waals surface area contributed by atoms with Gasteiger partial charge in [0.25, 0.3) is 10.2 Å². The van der Waals surface area contributed by atoms with Crippen LogP contribution in [-0.2, 0) is 14.9 Å². The lowest BCUT2D eigenvalue weighted by Gasteiger charge is -2.39. The minimum Gasteiger partial charge on any atom is -0.396 e. The van der Waals surface area contributed by atoms with E-state index in [9.17, 15) is 13.5 Å². The summed E-state index contributed by atoms with van der Waals surface area (Å²) in [6.45, 7) is 2.56. The maximum atomic E-state index is 12.9. The highest BCUT2D eigenvalue weighted by atomic mass is 32.2. The average Bonchev–Trinajstić information content (AvgIpc) is 2.62. The molecule has 3 rings (SSSR count). The molecule has 2 aliphatic heterocycles. The number of rotatable bonds is 4. The van der Waals surface area contributed by atoms with Crippen molar-refractivity contribution in [2.24, 2.45) is 5.92 Å². The lowest BCUT2D eigenvalue weighted by Crippen LogP contribution is -2.52. The molecular formula is C16H24N2O4S. The van der Waals surface area contributed by atoms with Crippen molar-refractivity contribution >= 4 is 10.2 Å². The Labute approximate surface area is 137 Å². The monoisotopic (exact) mass is 340 g/mol. The SMILES string of the molecule is O=S(=O)(N1CCOCC1)N1CC(CO)CC(c2ccccc2)C1. The van der Waals surface area contributed by atoms with Gasteiger partial charge in [0.05, 0.1) is 13.2 Å². The van der Waals surface area contributed by atoms with E-state index < -0.39 is 10.2 Å². The Morgan fingerprint density at radius 2 is 1.78 bits per heavy atom. The van der Waals surface area contributed by atoms with Crippen LogP contribution < -0.4 is 0 Å². The van der Waals surface area contributed by atoms with Gasteiger partial charge in [0.1, 0.15) is 0 Å². The molecule has 1 aromatic rings. The molecule has 1 N–H and O–H groups in total. The zero-order valence-electron chi connectivity index (χ0n) is 13.2. The van der Waals surface area contributed by atoms with Crippen LogP contribution >= 0.6 is 0 Å². The molecule has 0 spiro atoms. The molecule has 128 valence electrons. The summed E-state index contributed by atoms with van der Waals surface area (Å²) in [5.74, 6) is 0.0997. The summed E-state index contributed by atoms with van der Waals surface area (Å²) in [4.78, 5) is 0. The van der Waals surface area contributed by atoms with Crippen LogP contribution in [0, 0.1) is 5.92 Å². The van der Waals surface area contributed by atoms with E-state index in [-0.39, 0.29) is 18.4 Å². The Morgan fingerprint density at radius 1 is 1.09 bits per heavy atom. The highest BCUT2D eigenvalue weighted by molar-refractivity contribution is 7.86. The molecule has 2 aliphatic rings. The number of piperidine rings is 1. The third-order valence-electron chi connectivity index (χ3n) is 4.66. The molecule has 2 heterocycles. The summed E-state index contributed by atoms with van der Waals surface area (Å²) in [6, 6.07) is 9.96. The van der Waals surface area contributed by atoms with E-state index in [2.05, 4.69) is 0 Å². The molecule has 23 heavy (non-hydrogen) atoms. The Kier molecular flexibility index (Phi) is 5.33. The first kappa shape index (κ1) is 16.9. The summed E-state index contributed by atoms with van der Waals surface area (Å²) in [6.07, 6.45) is 0.815. The fraction of sp³-hybridized carbons (Fsp3) is 0.625. The van der Waals surface area contributed by atoms with Gasteiger partial charge < -0.3 is 9.84 Å². The second-order valence-corrected chi connectivity index (χ2v) is 8.16. The number of hydrogen-bond acceptors (Lipinski definition) is 4. The van der Waals surface area contributed by atoms with Crippen LogP contribution in [0.3, 0.4) is 0 Å². The number of benzene rings is 1. The zero-order chi connectivity index (χ0) is 16.3. The molecule has 0 aromatic heterocycles. The van der Waals surface area contributed by atoms with Gasteiger partial charge in [-0.05, 0) is 23.8 Å². The van der Waals surface area contributed by atoms with E-state index in [0.717, 1.165) is 12.0 Å². The summed E-state index contributed by atoms with van der Waals surface area (Å²) >= 11 is 0. The molecule has 0 radical (unpaired) electrons. The second-order valence-electron chi connectivity index (χ2n) is 6.23. The fourth-order valence-corrected chi connectivity index (χ4v) is 5.09. The largest absolute Gasteiger partial charge is 0.396 e. The second kappa shape index (κ2) is 7.27. The van der Waals surface area contributed by atoms with Crippen LogP contribution in [0.15, 0.2) is 30.3 Å². The smallest absolute Gasteiger partial charge is 0.282 e. The van der Waals surface area contributed by atoms with Gasteiger partial charge in [-0.1, -0.05) is 30.3 Å². The van der Waals surface area contributed by atoms with Crippen LogP contribution in [0.2, 0.25) is 0 Å². The van der Waals surface area contributed by atoms with Crippen molar-refractivity contribution in [2.45, 2.75) is 12.3 Å². The molecule has 2 unspecified atom stereocenters. The number of nitrogens with zero attached hydrogens (tertiary/aromatic N) is 2. The van der Waals surface area contributed by atoms with Crippen molar-refractivity contribution in [1.29, 1.82) is 0 Å². The van der Waals surface area contributed by atoms with E-state index in [1.807, 2.05) is 30.3 Å². The third kappa shape index (κ3) is 3.75. The van der Waals surface area contributed by atoms with E-state index in [1.165, 1.54) is 4.31 Å². The lowest BCUT2D eigenvalue weighted by atomic mass is 9.86. The highest BCUT2D eigenvalue weighted by Gasteiger charge is 2.37. The molecule has 0 aliphatic carbocycles. The maximum Gasteiger partial charge on any atom is 0.282 e. The van der Waals surface area contributed by atoms with Crippen molar-refractivity contribution in [3.05, 3.63) is 35.9 Å². The maximum absolute atomic E-state index is 12.9. The number of aliphatic hydroxyl groups excluding tert-OH is 1. The van der Waals surface area contributed by atoms with Crippen molar-refractivity contribution in [3.63, 3.8) is 0 Å². The molecule has 2 saturated heterocycles. The summed E-state index contributed by atoms with van der Waals surface area (Å²) < 4.78 is 34.1. The topological polar surface area (TPSA) is 70.1 Å². The van der Waals surface area contributed by atoms with E-state index in [0.29, 0.717) is 39.4 Å². The van der Waals surface area contributed by atoms with Crippen LogP contribution in [0.5, 0.6) is 0 Å². The van der Waals surface area contributed by atoms with Crippen molar-refractivity contribution in [3.8, 4) is 0 Å². The molecule has 0 bridgehead atoms. The number of morpholine rings is 1. The fourth-order valence-electron chi connectivity index (χ4n) is 3.39. The Balaban J connectivity index is 1.80. The van der Waals surface area contributed by atoms with E-state index >= 15 is 0 Å². The molecule has 6 nitrogen and oxygen atoms in total. The van der Waals surface area contributed by atoms with Crippen molar-refractivity contribution in [1.82, 2.24) is 8.61 Å². The predicted molar refractivity (Wildman–Crippen MR) is 87.3 cm³/mol. The first-order valence-electron chi connectivity index (χ1n) is 8.10. The molecular weight excluding hydrogens is 316 g/mol. The van der Waals surface area contributed by atoms with Gasteiger partial charge in [-0.2, -0.15) is 17.0 Å². The average molecular weight is 340 g/mol. The molecule has 2 fully saturated rings. The summed E-state index contributed by atoms with van der Waals surface area (Å²) in [5.41, 5.74) is 1.13. The minimum atomic E-state index is -3.49. The number of ether oxygens (including phenoxy) is 1. The lowest BCUT2D eigenvalue weighted by molar-refractivity contribution is 0.0676. The summed E-state index contributed by atoms with van der Waals surface area (Å²) in [5, 5.41) is 9.59. The van der Waals surface area contributed by atoms with Gasteiger partial charge in [0.15, 0.2) is 0 Å². The van der Waals surface area contributed by atoms with Gasteiger partial charge in [0.2, 0.25) is 0 Å². The van der Waals surface area contributed by atoms with Crippen LogP contribution in [0.4, 0.5) is 0 Å². The molecule has 1 aromatic carbocycles. The number of aliphatic hydroxyl groups is 1. The first-order valence-corrected chi connectivity index (χ1v) is 9.49. The highest BCUT2D eigenvalue weighted by Crippen LogP contribution is 2.32. The molecule has 0 saturated carbocycles. The van der Waals surface area contributed by atoms with Gasteiger partial charge in [-0.15, -0.1) is 0 Å². The molecule has 7 heteroatoms. The van der Waals surface area contributed by atoms with Gasteiger partial charge in [0, 0.05) is 32.8 Å². The van der Waals surface area contributed by atoms with Crippen molar-refractivity contribution in [2.75, 3.05) is 46.0 Å². The van der Waals surface area contributed by atoms with Crippen LogP contribution in [0.1, 0.15) is 17.9 Å². The summed E-state index contributed by atoms with van der Waals surface area (Å²) in [7, 11) is -3.49. The number of hydrogen-bond donors (Lipinski definition) is 1. The minimum absolute atomic E-state index is 0.0124. The molecule has 0 amide bonds. The third-order valence-corrected chi connectivity index (χ3v) is 6.62. The Bertz CT molecular complexity index is 602. The van der Waals surface area contributed by atoms with Gasteiger partial charge >= 0.3 is 0 Å².